The summed E-state index contributed by atoms with van der Waals surface area (Å²) in [6, 6.07) is 6.93. The number of ether oxygens (including phenoxy) is 1. The van der Waals surface area contributed by atoms with Crippen molar-refractivity contribution in [3.8, 4) is 17.0 Å². The average molecular weight is 466 g/mol. The third-order valence-corrected chi connectivity index (χ3v) is 6.86. The van der Waals surface area contributed by atoms with Gasteiger partial charge in [0.1, 0.15) is 11.6 Å². The van der Waals surface area contributed by atoms with E-state index in [1.807, 2.05) is 4.90 Å². The molecule has 0 amide bonds. The second kappa shape index (κ2) is 9.29. The summed E-state index contributed by atoms with van der Waals surface area (Å²) in [6.45, 7) is 1.81. The Morgan fingerprint density at radius 3 is 2.42 bits per heavy atom. The Kier molecular flexibility index (Phi) is 6.61. The summed E-state index contributed by atoms with van der Waals surface area (Å²) < 4.78 is 60.2. The number of alkyl halides is 3. The van der Waals surface area contributed by atoms with Gasteiger partial charge in [-0.25, -0.2) is 9.18 Å². The van der Waals surface area contributed by atoms with Gasteiger partial charge in [0.2, 0.25) is 0 Å². The fourth-order valence-corrected chi connectivity index (χ4v) is 4.57. The number of nitrogens with zero attached hydrogens (tertiary/aromatic N) is 2. The van der Waals surface area contributed by atoms with Crippen LogP contribution in [0.5, 0.6) is 5.75 Å². The van der Waals surface area contributed by atoms with Crippen LogP contribution < -0.4 is 4.74 Å². The van der Waals surface area contributed by atoms with Crippen molar-refractivity contribution >= 4 is 5.97 Å². The van der Waals surface area contributed by atoms with Crippen LogP contribution in [0.3, 0.4) is 0 Å². The average Bonchev–Trinajstić information content (AvgIpc) is 2.75. The van der Waals surface area contributed by atoms with Gasteiger partial charge in [-0.3, -0.25) is 4.98 Å². The first kappa shape index (κ1) is 23.5. The number of benzene rings is 1. The normalized spacial score (nSPS) is 19.2. The van der Waals surface area contributed by atoms with Gasteiger partial charge in [-0.15, -0.1) is 0 Å². The lowest BCUT2D eigenvalue weighted by atomic mass is 9.67. The summed E-state index contributed by atoms with van der Waals surface area (Å²) in [6.07, 6.45) is 0.0225. The molecule has 1 aliphatic carbocycles. The second-order valence-electron chi connectivity index (χ2n) is 9.04. The molecule has 2 aliphatic rings. The number of pyridine rings is 1. The predicted octanol–water partition coefficient (Wildman–Crippen LogP) is 5.41. The number of carbonyl (C=O) groups is 1. The molecule has 1 N–H and O–H groups in total. The largest absolute Gasteiger partial charge is 0.492 e. The molecule has 9 heteroatoms. The van der Waals surface area contributed by atoms with E-state index in [1.54, 1.807) is 12.1 Å². The first-order valence-corrected chi connectivity index (χ1v) is 11.1. The van der Waals surface area contributed by atoms with E-state index in [-0.39, 0.29) is 36.4 Å². The van der Waals surface area contributed by atoms with E-state index in [0.717, 1.165) is 18.9 Å². The third-order valence-electron chi connectivity index (χ3n) is 6.86. The van der Waals surface area contributed by atoms with Crippen LogP contribution in [-0.2, 0) is 0 Å². The van der Waals surface area contributed by atoms with E-state index in [0.29, 0.717) is 37.6 Å². The summed E-state index contributed by atoms with van der Waals surface area (Å²) in [7, 11) is 0. The molecule has 2 fully saturated rings. The minimum atomic E-state index is -4.13. The molecule has 0 atom stereocenters. The Morgan fingerprint density at radius 1 is 1.18 bits per heavy atom. The van der Waals surface area contributed by atoms with Crippen LogP contribution in [0.4, 0.5) is 17.6 Å². The van der Waals surface area contributed by atoms with Crippen LogP contribution in [0.2, 0.25) is 0 Å². The Bertz CT molecular complexity index is 982. The van der Waals surface area contributed by atoms with Crippen molar-refractivity contribution in [2.75, 3.05) is 26.2 Å². The van der Waals surface area contributed by atoms with Gasteiger partial charge in [0.15, 0.2) is 0 Å². The van der Waals surface area contributed by atoms with Gasteiger partial charge in [-0.05, 0) is 75.0 Å². The van der Waals surface area contributed by atoms with Crippen molar-refractivity contribution in [3.63, 3.8) is 0 Å². The van der Waals surface area contributed by atoms with Gasteiger partial charge in [-0.2, -0.15) is 13.2 Å². The van der Waals surface area contributed by atoms with Crippen LogP contribution in [0.15, 0.2) is 36.5 Å². The molecular formula is C24H26F4N2O3. The molecule has 4 rings (SSSR count). The highest BCUT2D eigenvalue weighted by molar-refractivity contribution is 5.88. The molecule has 1 aliphatic heterocycles. The first-order chi connectivity index (χ1) is 15.7. The van der Waals surface area contributed by atoms with E-state index >= 15 is 0 Å². The summed E-state index contributed by atoms with van der Waals surface area (Å²) in [5.74, 6) is -1.10. The van der Waals surface area contributed by atoms with Crippen molar-refractivity contribution in [1.82, 2.24) is 9.88 Å². The molecule has 33 heavy (non-hydrogen) atoms. The number of piperidine rings is 1. The smallest absolute Gasteiger partial charge is 0.395 e. The van der Waals surface area contributed by atoms with Crippen LogP contribution in [0.1, 0.15) is 42.5 Å². The van der Waals surface area contributed by atoms with Crippen molar-refractivity contribution in [2.24, 2.45) is 11.3 Å². The van der Waals surface area contributed by atoms with Gasteiger partial charge in [0, 0.05) is 12.1 Å². The van der Waals surface area contributed by atoms with Gasteiger partial charge < -0.3 is 14.7 Å². The van der Waals surface area contributed by atoms with Gasteiger partial charge >= 0.3 is 12.1 Å². The molecule has 1 aromatic carbocycles. The molecule has 1 saturated carbocycles. The fourth-order valence-electron chi connectivity index (χ4n) is 4.57. The zero-order valence-corrected chi connectivity index (χ0v) is 18.1. The highest BCUT2D eigenvalue weighted by Crippen LogP contribution is 2.53. The molecule has 178 valence electrons. The molecule has 0 spiro atoms. The molecule has 5 nitrogen and oxygen atoms in total. The minimum Gasteiger partial charge on any atom is -0.492 e. The maximum absolute atomic E-state index is 14.2. The summed E-state index contributed by atoms with van der Waals surface area (Å²) in [4.78, 5) is 17.1. The molecule has 2 heterocycles. The van der Waals surface area contributed by atoms with Crippen LogP contribution >= 0.6 is 0 Å². The van der Waals surface area contributed by atoms with Gasteiger partial charge in [-0.1, -0.05) is 6.42 Å². The van der Waals surface area contributed by atoms with Gasteiger partial charge in [0.25, 0.3) is 0 Å². The first-order valence-electron chi connectivity index (χ1n) is 11.1. The Morgan fingerprint density at radius 2 is 1.91 bits per heavy atom. The highest BCUT2D eigenvalue weighted by atomic mass is 19.4. The predicted molar refractivity (Wildman–Crippen MR) is 114 cm³/mol. The second-order valence-corrected chi connectivity index (χ2v) is 9.04. The lowest BCUT2D eigenvalue weighted by Gasteiger charge is -2.47. The Hall–Kier alpha value is -2.68. The van der Waals surface area contributed by atoms with E-state index in [9.17, 15) is 22.4 Å². The monoisotopic (exact) mass is 466 g/mol. The number of aromatic nitrogens is 1. The van der Waals surface area contributed by atoms with E-state index in [4.69, 9.17) is 9.84 Å². The maximum Gasteiger partial charge on any atom is 0.395 e. The van der Waals surface area contributed by atoms with E-state index in [1.165, 1.54) is 18.3 Å². The Balaban J connectivity index is 1.26. The number of carboxylic acid groups (broad SMARTS) is 1. The molecule has 2 aromatic rings. The zero-order chi connectivity index (χ0) is 23.6. The quantitative estimate of drug-likeness (QED) is 0.553. The maximum atomic E-state index is 14.2. The summed E-state index contributed by atoms with van der Waals surface area (Å²) >= 11 is 0. The van der Waals surface area contributed by atoms with Crippen molar-refractivity contribution < 1.29 is 32.2 Å². The molecule has 1 saturated heterocycles. The number of halogens is 4. The minimum absolute atomic E-state index is 0.0967. The number of hydrogen-bond donors (Lipinski definition) is 1. The standard InChI is InChI=1S/C24H26F4N2O3/c25-20-12-17(22(31)32)2-4-19(20)21-5-3-18(13-29-21)33-14-16-6-10-30(11-7-16)15-23(8-1-9-23)24(26,27)28/h2-5,12-13,16H,1,6-11,14-15H2,(H,31,32). The number of aromatic carboxylic acids is 1. The van der Waals surface area contributed by atoms with Crippen molar-refractivity contribution in [2.45, 2.75) is 38.3 Å². The molecule has 0 radical (unpaired) electrons. The third kappa shape index (κ3) is 5.13. The number of carboxylic acids is 1. The van der Waals surface area contributed by atoms with Crippen LogP contribution in [0.25, 0.3) is 11.3 Å². The SMILES string of the molecule is O=C(O)c1ccc(-c2ccc(OCC3CCN(CC4(C(F)(F)F)CCC4)CC3)cn2)c(F)c1. The van der Waals surface area contributed by atoms with E-state index < -0.39 is 23.4 Å². The van der Waals surface area contributed by atoms with E-state index in [2.05, 4.69) is 4.98 Å². The van der Waals surface area contributed by atoms with Crippen LogP contribution in [-0.4, -0.2) is 53.4 Å². The van der Waals surface area contributed by atoms with Crippen molar-refractivity contribution in [1.29, 1.82) is 0 Å². The zero-order valence-electron chi connectivity index (χ0n) is 18.1. The lowest BCUT2D eigenvalue weighted by Crippen LogP contribution is -2.53. The van der Waals surface area contributed by atoms with Crippen LogP contribution in [0, 0.1) is 17.2 Å². The topological polar surface area (TPSA) is 62.7 Å². The fraction of sp³-hybridized carbons (Fsp3) is 0.500. The Labute approximate surface area is 189 Å². The summed E-state index contributed by atoms with van der Waals surface area (Å²) in [5, 5.41) is 8.94. The molecule has 0 unspecified atom stereocenters. The highest BCUT2D eigenvalue weighted by Gasteiger charge is 2.58. The van der Waals surface area contributed by atoms with Crippen molar-refractivity contribution in [3.05, 3.63) is 47.9 Å². The number of hydrogen-bond acceptors (Lipinski definition) is 4. The number of likely N-dealkylation sites (tertiary alicyclic amines) is 1. The number of rotatable bonds is 7. The molecule has 0 bridgehead atoms. The molecular weight excluding hydrogens is 440 g/mol. The molecule has 1 aromatic heterocycles. The van der Waals surface area contributed by atoms with Gasteiger partial charge in [0.05, 0.1) is 29.5 Å². The lowest BCUT2D eigenvalue weighted by molar-refractivity contribution is -0.256. The summed E-state index contributed by atoms with van der Waals surface area (Å²) in [5.41, 5.74) is -1.10.